The van der Waals surface area contributed by atoms with Crippen molar-refractivity contribution in [2.45, 2.75) is 32.2 Å². The van der Waals surface area contributed by atoms with Gasteiger partial charge in [-0.15, -0.1) is 12.4 Å². The van der Waals surface area contributed by atoms with Crippen LogP contribution in [0.2, 0.25) is 0 Å². The molecule has 1 N–H and O–H groups in total. The lowest BCUT2D eigenvalue weighted by atomic mass is 9.94. The molecule has 0 radical (unpaired) electrons. The van der Waals surface area contributed by atoms with Gasteiger partial charge in [0.1, 0.15) is 0 Å². The minimum atomic E-state index is 0. The predicted molar refractivity (Wildman–Crippen MR) is 80.8 cm³/mol. The van der Waals surface area contributed by atoms with Crippen LogP contribution in [0.15, 0.2) is 30.3 Å². The van der Waals surface area contributed by atoms with Gasteiger partial charge >= 0.3 is 0 Å². The molecule has 2 rings (SSSR count). The fourth-order valence-electron chi connectivity index (χ4n) is 2.59. The molecule has 1 unspecified atom stereocenters. The van der Waals surface area contributed by atoms with Crippen LogP contribution in [0, 0.1) is 0 Å². The fourth-order valence-corrected chi connectivity index (χ4v) is 2.59. The van der Waals surface area contributed by atoms with Gasteiger partial charge in [-0.1, -0.05) is 37.3 Å². The molecule has 0 spiro atoms. The summed E-state index contributed by atoms with van der Waals surface area (Å²) < 4.78 is 0. The van der Waals surface area contributed by atoms with Crippen LogP contribution in [-0.4, -0.2) is 36.5 Å². The number of amides is 1. The lowest BCUT2D eigenvalue weighted by Gasteiger charge is -2.34. The Morgan fingerprint density at radius 1 is 1.42 bits per heavy atom. The van der Waals surface area contributed by atoms with E-state index < -0.39 is 0 Å². The topological polar surface area (TPSA) is 32.3 Å². The minimum absolute atomic E-state index is 0. The van der Waals surface area contributed by atoms with Gasteiger partial charge in [0, 0.05) is 25.7 Å². The number of benzene rings is 1. The number of carbonyl (C=O) groups is 1. The Labute approximate surface area is 121 Å². The second-order valence-electron chi connectivity index (χ2n) is 5.01. The molecule has 1 heterocycles. The lowest BCUT2D eigenvalue weighted by molar-refractivity contribution is -0.134. The first kappa shape index (κ1) is 16.0. The second kappa shape index (κ2) is 7.51. The highest BCUT2D eigenvalue weighted by Crippen LogP contribution is 2.22. The van der Waals surface area contributed by atoms with Crippen LogP contribution in [-0.2, 0) is 4.79 Å². The first-order valence-corrected chi connectivity index (χ1v) is 6.79. The highest BCUT2D eigenvalue weighted by Gasteiger charge is 2.27. The van der Waals surface area contributed by atoms with Crippen molar-refractivity contribution in [1.29, 1.82) is 0 Å². The zero-order valence-corrected chi connectivity index (χ0v) is 12.5. The molecular weight excluding hydrogens is 260 g/mol. The average molecular weight is 283 g/mol. The third kappa shape index (κ3) is 3.95. The Morgan fingerprint density at radius 3 is 2.68 bits per heavy atom. The van der Waals surface area contributed by atoms with E-state index in [9.17, 15) is 4.79 Å². The summed E-state index contributed by atoms with van der Waals surface area (Å²) in [7, 11) is 0. The Balaban J connectivity index is 0.00000180. The Hall–Kier alpha value is -1.06. The van der Waals surface area contributed by atoms with Gasteiger partial charge in [-0.2, -0.15) is 0 Å². The van der Waals surface area contributed by atoms with Crippen LogP contribution in [0.4, 0.5) is 0 Å². The van der Waals surface area contributed by atoms with E-state index in [1.165, 1.54) is 0 Å². The highest BCUT2D eigenvalue weighted by atomic mass is 35.5. The van der Waals surface area contributed by atoms with Gasteiger partial charge in [-0.25, -0.2) is 0 Å². The maximum Gasteiger partial charge on any atom is 0.230 e. The quantitative estimate of drug-likeness (QED) is 0.923. The number of carbonyl (C=O) groups excluding carboxylic acids is 1. The lowest BCUT2D eigenvalue weighted by Crippen LogP contribution is -2.52. The van der Waals surface area contributed by atoms with Crippen molar-refractivity contribution in [3.8, 4) is 0 Å². The van der Waals surface area contributed by atoms with Crippen molar-refractivity contribution in [3.63, 3.8) is 0 Å². The van der Waals surface area contributed by atoms with Crippen molar-refractivity contribution in [2.75, 3.05) is 19.6 Å². The Morgan fingerprint density at radius 2 is 2.11 bits per heavy atom. The average Bonchev–Trinajstić information content (AvgIpc) is 2.41. The molecule has 1 amide bonds. The van der Waals surface area contributed by atoms with Crippen molar-refractivity contribution in [2.24, 2.45) is 0 Å². The maximum atomic E-state index is 12.6. The summed E-state index contributed by atoms with van der Waals surface area (Å²) in [5.41, 5.74) is 1.14. The van der Waals surface area contributed by atoms with E-state index in [1.54, 1.807) is 0 Å². The summed E-state index contributed by atoms with van der Waals surface area (Å²) in [5.74, 6) is 0.286. The third-order valence-electron chi connectivity index (χ3n) is 3.59. The van der Waals surface area contributed by atoms with Gasteiger partial charge in [-0.3, -0.25) is 4.79 Å². The number of nitrogens with one attached hydrogen (secondary N) is 1. The van der Waals surface area contributed by atoms with E-state index in [1.807, 2.05) is 23.1 Å². The first-order valence-electron chi connectivity index (χ1n) is 6.79. The first-order chi connectivity index (χ1) is 8.72. The van der Waals surface area contributed by atoms with Crippen LogP contribution >= 0.6 is 12.4 Å². The van der Waals surface area contributed by atoms with Gasteiger partial charge < -0.3 is 10.2 Å². The van der Waals surface area contributed by atoms with E-state index in [0.717, 1.165) is 31.6 Å². The summed E-state index contributed by atoms with van der Waals surface area (Å²) in [6, 6.07) is 10.5. The molecule has 1 saturated heterocycles. The van der Waals surface area contributed by atoms with E-state index in [0.29, 0.717) is 6.04 Å². The van der Waals surface area contributed by atoms with E-state index >= 15 is 0 Å². The number of nitrogens with zero attached hydrogens (tertiary/aromatic N) is 1. The maximum absolute atomic E-state index is 12.6. The number of piperazine rings is 1. The van der Waals surface area contributed by atoms with Crippen molar-refractivity contribution >= 4 is 18.3 Å². The molecule has 1 aliphatic heterocycles. The zero-order valence-electron chi connectivity index (χ0n) is 11.6. The van der Waals surface area contributed by atoms with Gasteiger partial charge in [0.15, 0.2) is 0 Å². The molecule has 106 valence electrons. The summed E-state index contributed by atoms with van der Waals surface area (Å²) in [5, 5.41) is 3.37. The van der Waals surface area contributed by atoms with Gasteiger partial charge in [0.25, 0.3) is 0 Å². The number of hydrogen-bond acceptors (Lipinski definition) is 2. The number of hydrogen-bond donors (Lipinski definition) is 1. The van der Waals surface area contributed by atoms with Crippen molar-refractivity contribution < 1.29 is 4.79 Å². The summed E-state index contributed by atoms with van der Waals surface area (Å²) in [6.07, 6.45) is 0.862. The van der Waals surface area contributed by atoms with Crippen LogP contribution in [0.1, 0.15) is 31.7 Å². The van der Waals surface area contributed by atoms with Crippen molar-refractivity contribution in [3.05, 3.63) is 35.9 Å². The fraction of sp³-hybridized carbons (Fsp3) is 0.533. The number of halogens is 1. The molecule has 2 atom stereocenters. The molecule has 0 aromatic heterocycles. The molecule has 0 bridgehead atoms. The SMILES string of the molecule is CCC(C(=O)N1CCN[C@H](C)C1)c1ccccc1.Cl. The van der Waals surface area contributed by atoms with E-state index in [4.69, 9.17) is 0 Å². The van der Waals surface area contributed by atoms with Crippen LogP contribution < -0.4 is 5.32 Å². The molecule has 0 aliphatic carbocycles. The molecule has 1 fully saturated rings. The smallest absolute Gasteiger partial charge is 0.230 e. The predicted octanol–water partition coefficient (Wildman–Crippen LogP) is 2.42. The van der Waals surface area contributed by atoms with Crippen LogP contribution in [0.5, 0.6) is 0 Å². The summed E-state index contributed by atoms with van der Waals surface area (Å²) in [6.45, 7) is 6.76. The van der Waals surface area contributed by atoms with Crippen molar-refractivity contribution in [1.82, 2.24) is 10.2 Å². The van der Waals surface area contributed by atoms with E-state index in [2.05, 4.69) is 31.3 Å². The molecule has 3 nitrogen and oxygen atoms in total. The zero-order chi connectivity index (χ0) is 13.0. The molecule has 1 aliphatic rings. The Bertz CT molecular complexity index is 396. The second-order valence-corrected chi connectivity index (χ2v) is 5.01. The molecular formula is C15H23ClN2O. The summed E-state index contributed by atoms with van der Waals surface area (Å²) in [4.78, 5) is 14.6. The monoisotopic (exact) mass is 282 g/mol. The van der Waals surface area contributed by atoms with E-state index in [-0.39, 0.29) is 24.2 Å². The highest BCUT2D eigenvalue weighted by molar-refractivity contribution is 5.85. The number of rotatable bonds is 3. The standard InChI is InChI=1S/C15H22N2O.ClH/c1-3-14(13-7-5-4-6-8-13)15(18)17-10-9-16-12(2)11-17;/h4-8,12,14,16H,3,9-11H2,1-2H3;1H/t12-,14?;/m1./s1. The van der Waals surface area contributed by atoms with Crippen LogP contribution in [0.3, 0.4) is 0 Å². The molecule has 1 aromatic rings. The molecule has 1 aromatic carbocycles. The summed E-state index contributed by atoms with van der Waals surface area (Å²) >= 11 is 0. The molecule has 19 heavy (non-hydrogen) atoms. The molecule has 0 saturated carbocycles. The van der Waals surface area contributed by atoms with Gasteiger partial charge in [-0.05, 0) is 18.9 Å². The normalized spacial score (nSPS) is 20.5. The molecule has 4 heteroatoms. The van der Waals surface area contributed by atoms with Crippen LogP contribution in [0.25, 0.3) is 0 Å². The largest absolute Gasteiger partial charge is 0.339 e. The third-order valence-corrected chi connectivity index (χ3v) is 3.59. The van der Waals surface area contributed by atoms with Gasteiger partial charge in [0.05, 0.1) is 5.92 Å². The Kier molecular flexibility index (Phi) is 6.32. The minimum Gasteiger partial charge on any atom is -0.339 e. The van der Waals surface area contributed by atoms with Gasteiger partial charge in [0.2, 0.25) is 5.91 Å².